The molecule has 0 spiro atoms. The van der Waals surface area contributed by atoms with Gasteiger partial charge in [0.15, 0.2) is 0 Å². The van der Waals surface area contributed by atoms with Gasteiger partial charge < -0.3 is 15.0 Å². The fourth-order valence-corrected chi connectivity index (χ4v) is 2.46. The molecule has 1 aliphatic heterocycles. The van der Waals surface area contributed by atoms with Crippen LogP contribution in [0.25, 0.3) is 0 Å². The van der Waals surface area contributed by atoms with Crippen molar-refractivity contribution in [2.75, 3.05) is 46.4 Å². The molecule has 2 amide bonds. The van der Waals surface area contributed by atoms with Crippen LogP contribution in [0.4, 0.5) is 4.79 Å². The van der Waals surface area contributed by atoms with E-state index in [2.05, 4.69) is 10.2 Å². The molecule has 1 fully saturated rings. The van der Waals surface area contributed by atoms with Gasteiger partial charge in [0, 0.05) is 45.3 Å². The first-order valence-corrected chi connectivity index (χ1v) is 7.62. The third-order valence-electron chi connectivity index (χ3n) is 3.74. The van der Waals surface area contributed by atoms with Crippen LogP contribution in [0.3, 0.4) is 0 Å². The van der Waals surface area contributed by atoms with Crippen molar-refractivity contribution in [1.29, 1.82) is 0 Å². The molecule has 22 heavy (non-hydrogen) atoms. The second kappa shape index (κ2) is 8.38. The molecule has 0 aromatic heterocycles. The van der Waals surface area contributed by atoms with Crippen molar-refractivity contribution >= 4 is 12.0 Å². The Labute approximate surface area is 131 Å². The predicted molar refractivity (Wildman–Crippen MR) is 83.8 cm³/mol. The summed E-state index contributed by atoms with van der Waals surface area (Å²) in [5.41, 5.74) is 0.745. The number of rotatable bonds is 5. The molecule has 1 N–H and O–H groups in total. The molecular weight excluding hydrogens is 282 g/mol. The van der Waals surface area contributed by atoms with Gasteiger partial charge in [0.2, 0.25) is 0 Å². The van der Waals surface area contributed by atoms with E-state index in [1.165, 1.54) is 0 Å². The lowest BCUT2D eigenvalue weighted by Gasteiger charge is -2.34. The van der Waals surface area contributed by atoms with Crippen molar-refractivity contribution in [3.05, 3.63) is 35.9 Å². The molecule has 0 saturated carbocycles. The summed E-state index contributed by atoms with van der Waals surface area (Å²) in [5, 5.41) is 2.42. The van der Waals surface area contributed by atoms with Gasteiger partial charge in [-0.1, -0.05) is 18.2 Å². The van der Waals surface area contributed by atoms with Crippen molar-refractivity contribution in [2.45, 2.75) is 6.42 Å². The highest BCUT2D eigenvalue weighted by atomic mass is 16.5. The van der Waals surface area contributed by atoms with Crippen molar-refractivity contribution in [1.82, 2.24) is 15.1 Å². The molecule has 0 unspecified atom stereocenters. The van der Waals surface area contributed by atoms with E-state index in [9.17, 15) is 9.59 Å². The maximum atomic E-state index is 12.3. The molecule has 1 aromatic rings. The summed E-state index contributed by atoms with van der Waals surface area (Å²) in [6.45, 7) is 4.50. The molecule has 1 saturated heterocycles. The zero-order valence-corrected chi connectivity index (χ0v) is 13.0. The lowest BCUT2D eigenvalue weighted by molar-refractivity contribution is 0.0624. The molecule has 1 heterocycles. The fourth-order valence-electron chi connectivity index (χ4n) is 2.46. The average Bonchev–Trinajstić information content (AvgIpc) is 2.59. The number of nitrogens with one attached hydrogen (secondary N) is 1. The molecule has 0 atom stereocenters. The molecule has 1 aromatic carbocycles. The predicted octanol–water partition coefficient (Wildman–Crippen LogP) is 1.19. The quantitative estimate of drug-likeness (QED) is 0.830. The molecule has 1 aliphatic rings. The Morgan fingerprint density at radius 2 is 1.82 bits per heavy atom. The van der Waals surface area contributed by atoms with Crippen LogP contribution in [0, 0.1) is 0 Å². The minimum absolute atomic E-state index is 0.100. The normalized spacial score (nSPS) is 15.4. The Bertz CT molecular complexity index is 485. The molecule has 6 nitrogen and oxygen atoms in total. The summed E-state index contributed by atoms with van der Waals surface area (Å²) in [6.07, 6.45) is 0.415. The van der Waals surface area contributed by atoms with Gasteiger partial charge in [-0.15, -0.1) is 0 Å². The van der Waals surface area contributed by atoms with Crippen LogP contribution in [-0.4, -0.2) is 68.2 Å². The van der Waals surface area contributed by atoms with E-state index in [1.807, 2.05) is 35.2 Å². The zero-order valence-electron chi connectivity index (χ0n) is 13.0. The fraction of sp³-hybridized carbons (Fsp3) is 0.500. The van der Waals surface area contributed by atoms with Crippen LogP contribution in [0.5, 0.6) is 0 Å². The number of benzene rings is 1. The number of carbonyl (C=O) groups excluding carboxylic acids is 2. The van der Waals surface area contributed by atoms with Crippen LogP contribution < -0.4 is 5.32 Å². The van der Waals surface area contributed by atoms with Crippen molar-refractivity contribution in [2.24, 2.45) is 0 Å². The Morgan fingerprint density at radius 1 is 1.14 bits per heavy atom. The first-order chi connectivity index (χ1) is 10.7. The third-order valence-corrected chi connectivity index (χ3v) is 3.74. The van der Waals surface area contributed by atoms with Crippen LogP contribution in [-0.2, 0) is 4.74 Å². The Balaban J connectivity index is 1.67. The molecule has 0 aliphatic carbocycles. The summed E-state index contributed by atoms with van der Waals surface area (Å²) >= 11 is 0. The summed E-state index contributed by atoms with van der Waals surface area (Å²) in [7, 11) is 1.55. The van der Waals surface area contributed by atoms with E-state index in [-0.39, 0.29) is 5.91 Å². The summed E-state index contributed by atoms with van der Waals surface area (Å²) in [4.78, 5) is 27.4. The minimum atomic E-state index is -0.390. The van der Waals surface area contributed by atoms with Crippen LogP contribution in [0.2, 0.25) is 0 Å². The summed E-state index contributed by atoms with van der Waals surface area (Å²) in [5.74, 6) is 0.100. The van der Waals surface area contributed by atoms with E-state index in [0.29, 0.717) is 6.61 Å². The van der Waals surface area contributed by atoms with Crippen LogP contribution in [0.15, 0.2) is 30.3 Å². The van der Waals surface area contributed by atoms with Gasteiger partial charge in [-0.3, -0.25) is 9.69 Å². The topological polar surface area (TPSA) is 61.9 Å². The van der Waals surface area contributed by atoms with Gasteiger partial charge in [0.05, 0.1) is 6.61 Å². The number of hydrogen-bond acceptors (Lipinski definition) is 4. The summed E-state index contributed by atoms with van der Waals surface area (Å²) in [6, 6.07) is 9.39. The third kappa shape index (κ3) is 4.73. The van der Waals surface area contributed by atoms with E-state index < -0.39 is 6.09 Å². The molecule has 6 heteroatoms. The highest BCUT2D eigenvalue weighted by Gasteiger charge is 2.21. The van der Waals surface area contributed by atoms with Gasteiger partial charge in [0.25, 0.3) is 5.91 Å². The van der Waals surface area contributed by atoms with Gasteiger partial charge in [-0.2, -0.15) is 0 Å². The van der Waals surface area contributed by atoms with Gasteiger partial charge in [-0.05, 0) is 18.6 Å². The number of ether oxygens (including phenoxy) is 1. The molecular formula is C16H23N3O3. The van der Waals surface area contributed by atoms with Crippen molar-refractivity contribution in [3.63, 3.8) is 0 Å². The number of nitrogens with zero attached hydrogens (tertiary/aromatic N) is 2. The number of alkyl carbamates (subject to hydrolysis) is 1. The standard InChI is InChI=1S/C16H23N3O3/c1-17-16(21)22-13-5-8-18-9-11-19(12-10-18)15(20)14-6-3-2-4-7-14/h2-4,6-7H,5,8-13H2,1H3,(H,17,21). The van der Waals surface area contributed by atoms with E-state index in [1.54, 1.807) is 7.05 Å². The minimum Gasteiger partial charge on any atom is -0.450 e. The highest BCUT2D eigenvalue weighted by molar-refractivity contribution is 5.94. The average molecular weight is 305 g/mol. The second-order valence-corrected chi connectivity index (χ2v) is 5.24. The smallest absolute Gasteiger partial charge is 0.406 e. The van der Waals surface area contributed by atoms with E-state index in [4.69, 9.17) is 4.74 Å². The van der Waals surface area contributed by atoms with Gasteiger partial charge in [-0.25, -0.2) is 4.79 Å². The Morgan fingerprint density at radius 3 is 2.45 bits per heavy atom. The monoisotopic (exact) mass is 305 g/mol. The number of amides is 2. The van der Waals surface area contributed by atoms with Gasteiger partial charge in [0.1, 0.15) is 0 Å². The molecule has 120 valence electrons. The van der Waals surface area contributed by atoms with Crippen LogP contribution in [0.1, 0.15) is 16.8 Å². The summed E-state index contributed by atoms with van der Waals surface area (Å²) < 4.78 is 4.96. The SMILES string of the molecule is CNC(=O)OCCCN1CCN(C(=O)c2ccccc2)CC1. The first kappa shape index (κ1) is 16.3. The van der Waals surface area contributed by atoms with E-state index >= 15 is 0 Å². The molecule has 0 bridgehead atoms. The number of piperazine rings is 1. The second-order valence-electron chi connectivity index (χ2n) is 5.24. The van der Waals surface area contributed by atoms with E-state index in [0.717, 1.165) is 44.7 Å². The number of carbonyl (C=O) groups is 2. The zero-order chi connectivity index (χ0) is 15.8. The maximum absolute atomic E-state index is 12.3. The van der Waals surface area contributed by atoms with Gasteiger partial charge >= 0.3 is 6.09 Å². The number of hydrogen-bond donors (Lipinski definition) is 1. The molecule has 2 rings (SSSR count). The lowest BCUT2D eigenvalue weighted by atomic mass is 10.2. The Kier molecular flexibility index (Phi) is 6.21. The first-order valence-electron chi connectivity index (χ1n) is 7.62. The van der Waals surface area contributed by atoms with Crippen molar-refractivity contribution in [3.8, 4) is 0 Å². The molecule has 0 radical (unpaired) electrons. The Hall–Kier alpha value is -2.08. The highest BCUT2D eigenvalue weighted by Crippen LogP contribution is 2.09. The lowest BCUT2D eigenvalue weighted by Crippen LogP contribution is -2.49. The van der Waals surface area contributed by atoms with Crippen LogP contribution >= 0.6 is 0 Å². The van der Waals surface area contributed by atoms with Crippen molar-refractivity contribution < 1.29 is 14.3 Å². The maximum Gasteiger partial charge on any atom is 0.406 e. The largest absolute Gasteiger partial charge is 0.450 e.